The molecule has 0 unspecified atom stereocenters. The molecule has 5 aromatic rings. The lowest BCUT2D eigenvalue weighted by Gasteiger charge is -2.15. The first-order chi connectivity index (χ1) is 15.4. The molecule has 2 heterocycles. The summed E-state index contributed by atoms with van der Waals surface area (Å²) in [5.74, 6) is -0.368. The van der Waals surface area contributed by atoms with Gasteiger partial charge < -0.3 is 10.7 Å². The number of para-hydroxylation sites is 1. The second kappa shape index (κ2) is 7.50. The molecular formula is C26H22N4O2. The highest BCUT2D eigenvalue weighted by Crippen LogP contribution is 2.35. The zero-order valence-corrected chi connectivity index (χ0v) is 17.8. The molecule has 0 aliphatic rings. The first-order valence-electron chi connectivity index (χ1n) is 10.4. The van der Waals surface area contributed by atoms with Crippen LogP contribution in [0.3, 0.4) is 0 Å². The quantitative estimate of drug-likeness (QED) is 0.455. The molecule has 0 saturated heterocycles. The topological polar surface area (TPSA) is 93.8 Å². The van der Waals surface area contributed by atoms with E-state index in [1.165, 1.54) is 0 Å². The SMILES string of the molecule is Cc1cc2c(-c3cccc(-n4cnc5ccccc5c4=O)c3C)ccc(CC(N)=O)c2[nH]1. The van der Waals surface area contributed by atoms with E-state index in [4.69, 9.17) is 5.73 Å². The highest BCUT2D eigenvalue weighted by Gasteiger charge is 2.16. The van der Waals surface area contributed by atoms with Gasteiger partial charge in [0.2, 0.25) is 5.91 Å². The second-order valence-corrected chi connectivity index (χ2v) is 8.04. The van der Waals surface area contributed by atoms with Crippen molar-refractivity contribution in [2.24, 2.45) is 5.73 Å². The Kier molecular flexibility index (Phi) is 4.63. The Bertz CT molecular complexity index is 1580. The summed E-state index contributed by atoms with van der Waals surface area (Å²) in [6, 6.07) is 19.3. The van der Waals surface area contributed by atoms with Crippen LogP contribution in [0.5, 0.6) is 0 Å². The molecule has 3 aromatic carbocycles. The molecule has 6 heteroatoms. The Labute approximate surface area is 184 Å². The van der Waals surface area contributed by atoms with E-state index < -0.39 is 0 Å². The van der Waals surface area contributed by atoms with E-state index in [2.05, 4.69) is 16.0 Å². The maximum atomic E-state index is 13.2. The number of carbonyl (C=O) groups is 1. The Balaban J connectivity index is 1.72. The summed E-state index contributed by atoms with van der Waals surface area (Å²) in [5.41, 5.74) is 12.6. The Hall–Kier alpha value is -4.19. The van der Waals surface area contributed by atoms with Crippen LogP contribution in [0.25, 0.3) is 38.6 Å². The van der Waals surface area contributed by atoms with E-state index in [1.807, 2.05) is 62.4 Å². The molecular weight excluding hydrogens is 400 g/mol. The summed E-state index contributed by atoms with van der Waals surface area (Å²) in [6.07, 6.45) is 1.76. The van der Waals surface area contributed by atoms with Gasteiger partial charge >= 0.3 is 0 Å². The normalized spacial score (nSPS) is 11.3. The van der Waals surface area contributed by atoms with Gasteiger partial charge in [-0.3, -0.25) is 14.2 Å². The summed E-state index contributed by atoms with van der Waals surface area (Å²) in [7, 11) is 0. The number of nitrogens with two attached hydrogens (primary N) is 1. The number of hydrogen-bond acceptors (Lipinski definition) is 3. The van der Waals surface area contributed by atoms with Crippen LogP contribution < -0.4 is 11.3 Å². The fourth-order valence-corrected chi connectivity index (χ4v) is 4.40. The van der Waals surface area contributed by atoms with Crippen LogP contribution in [-0.4, -0.2) is 20.4 Å². The minimum absolute atomic E-state index is 0.102. The molecule has 0 atom stereocenters. The minimum atomic E-state index is -0.368. The van der Waals surface area contributed by atoms with E-state index in [0.717, 1.165) is 44.5 Å². The number of aryl methyl sites for hydroxylation is 1. The third-order valence-corrected chi connectivity index (χ3v) is 5.90. The number of carbonyl (C=O) groups excluding carboxylic acids is 1. The van der Waals surface area contributed by atoms with Crippen molar-refractivity contribution in [2.45, 2.75) is 20.3 Å². The van der Waals surface area contributed by atoms with Crippen LogP contribution in [0.15, 0.2) is 71.8 Å². The van der Waals surface area contributed by atoms with Gasteiger partial charge in [0.15, 0.2) is 0 Å². The Morgan fingerprint density at radius 2 is 1.81 bits per heavy atom. The van der Waals surface area contributed by atoms with Gasteiger partial charge in [0.05, 0.1) is 23.0 Å². The van der Waals surface area contributed by atoms with Gasteiger partial charge in [-0.2, -0.15) is 0 Å². The van der Waals surface area contributed by atoms with Gasteiger partial charge in [0.25, 0.3) is 5.56 Å². The Morgan fingerprint density at radius 3 is 2.62 bits per heavy atom. The fraction of sp³-hybridized carbons (Fsp3) is 0.115. The first kappa shape index (κ1) is 19.8. The van der Waals surface area contributed by atoms with Crippen LogP contribution >= 0.6 is 0 Å². The van der Waals surface area contributed by atoms with Crippen LogP contribution in [0.2, 0.25) is 0 Å². The van der Waals surface area contributed by atoms with Crippen molar-refractivity contribution in [3.63, 3.8) is 0 Å². The number of hydrogen-bond donors (Lipinski definition) is 2. The van der Waals surface area contributed by atoms with Crippen molar-refractivity contribution in [1.29, 1.82) is 0 Å². The molecule has 32 heavy (non-hydrogen) atoms. The minimum Gasteiger partial charge on any atom is -0.369 e. The largest absolute Gasteiger partial charge is 0.369 e. The zero-order valence-electron chi connectivity index (χ0n) is 17.8. The van der Waals surface area contributed by atoms with E-state index in [1.54, 1.807) is 17.0 Å². The summed E-state index contributed by atoms with van der Waals surface area (Å²) < 4.78 is 1.60. The maximum Gasteiger partial charge on any atom is 0.265 e. The van der Waals surface area contributed by atoms with Crippen molar-refractivity contribution in [3.8, 4) is 16.8 Å². The van der Waals surface area contributed by atoms with E-state index in [-0.39, 0.29) is 17.9 Å². The van der Waals surface area contributed by atoms with Crippen molar-refractivity contribution in [1.82, 2.24) is 14.5 Å². The summed E-state index contributed by atoms with van der Waals surface area (Å²) >= 11 is 0. The zero-order chi connectivity index (χ0) is 22.4. The number of nitrogens with zero attached hydrogens (tertiary/aromatic N) is 2. The number of amides is 1. The van der Waals surface area contributed by atoms with E-state index in [0.29, 0.717) is 10.9 Å². The molecule has 1 amide bonds. The predicted octanol–water partition coefficient (Wildman–Crippen LogP) is 4.18. The van der Waals surface area contributed by atoms with E-state index in [9.17, 15) is 9.59 Å². The summed E-state index contributed by atoms with van der Waals surface area (Å²) in [4.78, 5) is 32.5. The lowest BCUT2D eigenvalue weighted by molar-refractivity contribution is -0.117. The van der Waals surface area contributed by atoms with Gasteiger partial charge in [-0.05, 0) is 60.4 Å². The first-order valence-corrected chi connectivity index (χ1v) is 10.4. The van der Waals surface area contributed by atoms with Crippen LogP contribution in [0.1, 0.15) is 16.8 Å². The van der Waals surface area contributed by atoms with Crippen molar-refractivity contribution in [3.05, 3.63) is 94.2 Å². The third kappa shape index (κ3) is 3.17. The smallest absolute Gasteiger partial charge is 0.265 e. The van der Waals surface area contributed by atoms with Crippen LogP contribution in [-0.2, 0) is 11.2 Å². The molecule has 5 rings (SSSR count). The van der Waals surface area contributed by atoms with Gasteiger partial charge in [-0.25, -0.2) is 4.98 Å². The van der Waals surface area contributed by atoms with Gasteiger partial charge in [-0.1, -0.05) is 36.4 Å². The molecule has 0 radical (unpaired) electrons. The number of H-pyrrole nitrogens is 1. The van der Waals surface area contributed by atoms with Gasteiger partial charge in [-0.15, -0.1) is 0 Å². The average Bonchev–Trinajstić information content (AvgIpc) is 3.17. The molecule has 6 nitrogen and oxygen atoms in total. The molecule has 3 N–H and O–H groups in total. The van der Waals surface area contributed by atoms with Crippen LogP contribution in [0.4, 0.5) is 0 Å². The number of rotatable bonds is 4. The molecule has 0 bridgehead atoms. The highest BCUT2D eigenvalue weighted by molar-refractivity contribution is 5.99. The number of aromatic nitrogens is 3. The standard InChI is InChI=1S/C26H22N4O2/c1-15-12-21-19(11-10-17(13-24(27)31)25(21)29-15)18-7-5-9-23(16(18)2)30-14-28-22-8-4-3-6-20(22)26(30)32/h3-12,14,29H,13H2,1-2H3,(H2,27,31). The molecule has 2 aromatic heterocycles. The molecule has 0 fully saturated rings. The Morgan fingerprint density at radius 1 is 1.00 bits per heavy atom. The predicted molar refractivity (Wildman–Crippen MR) is 127 cm³/mol. The number of benzene rings is 3. The average molecular weight is 422 g/mol. The number of nitrogens with one attached hydrogen (secondary N) is 1. The van der Waals surface area contributed by atoms with Gasteiger partial charge in [0.1, 0.15) is 6.33 Å². The monoisotopic (exact) mass is 422 g/mol. The highest BCUT2D eigenvalue weighted by atomic mass is 16.1. The van der Waals surface area contributed by atoms with Gasteiger partial charge in [0, 0.05) is 16.6 Å². The van der Waals surface area contributed by atoms with Crippen molar-refractivity contribution in [2.75, 3.05) is 0 Å². The summed E-state index contributed by atoms with van der Waals surface area (Å²) in [6.45, 7) is 4.00. The lowest BCUT2D eigenvalue weighted by atomic mass is 9.94. The fourth-order valence-electron chi connectivity index (χ4n) is 4.40. The maximum absolute atomic E-state index is 13.2. The summed E-state index contributed by atoms with van der Waals surface area (Å²) in [5, 5.41) is 1.60. The molecule has 158 valence electrons. The number of aromatic amines is 1. The number of primary amides is 1. The lowest BCUT2D eigenvalue weighted by Crippen LogP contribution is -2.19. The van der Waals surface area contributed by atoms with E-state index >= 15 is 0 Å². The molecule has 0 aliphatic heterocycles. The molecule has 0 spiro atoms. The van der Waals surface area contributed by atoms with Crippen LogP contribution in [0, 0.1) is 13.8 Å². The molecule has 0 aliphatic carbocycles. The second-order valence-electron chi connectivity index (χ2n) is 8.04. The molecule has 0 saturated carbocycles. The van der Waals surface area contributed by atoms with Crippen molar-refractivity contribution < 1.29 is 4.79 Å². The third-order valence-electron chi connectivity index (χ3n) is 5.90. The van der Waals surface area contributed by atoms with Crippen molar-refractivity contribution >= 4 is 27.7 Å². The number of fused-ring (bicyclic) bond motifs is 2.